The molecule has 176 valence electrons. The van der Waals surface area contributed by atoms with E-state index in [-0.39, 0.29) is 11.9 Å². The fourth-order valence-electron chi connectivity index (χ4n) is 5.11. The molecule has 2 unspecified atom stereocenters. The monoisotopic (exact) mass is 496 g/mol. The van der Waals surface area contributed by atoms with E-state index in [2.05, 4.69) is 4.90 Å². The molecule has 0 bridgehead atoms. The second-order valence-corrected chi connectivity index (χ2v) is 9.60. The van der Waals surface area contributed by atoms with Gasteiger partial charge in [0, 0.05) is 46.9 Å². The zero-order chi connectivity index (χ0) is 23.8. The SMILES string of the molecule is CCOC(=O)C1C2CN(Cc3ccc(-c4cccc(-c5ccccc5Cl)c4Cl)nc3OC)CC21. The zero-order valence-corrected chi connectivity index (χ0v) is 20.6. The molecule has 7 heteroatoms. The minimum Gasteiger partial charge on any atom is -0.481 e. The Bertz CT molecular complexity index is 1220. The molecular weight excluding hydrogens is 471 g/mol. The van der Waals surface area contributed by atoms with Gasteiger partial charge in [-0.05, 0) is 30.9 Å². The van der Waals surface area contributed by atoms with Crippen LogP contribution in [0.1, 0.15) is 12.5 Å². The summed E-state index contributed by atoms with van der Waals surface area (Å²) < 4.78 is 10.8. The Kier molecular flexibility index (Phi) is 6.52. The number of fused-ring (bicyclic) bond motifs is 1. The number of piperidine rings is 1. The van der Waals surface area contributed by atoms with Gasteiger partial charge >= 0.3 is 5.97 Å². The van der Waals surface area contributed by atoms with Gasteiger partial charge in [-0.2, -0.15) is 0 Å². The summed E-state index contributed by atoms with van der Waals surface area (Å²) in [5.74, 6) is 1.43. The van der Waals surface area contributed by atoms with Gasteiger partial charge in [-0.25, -0.2) is 4.98 Å². The highest BCUT2D eigenvalue weighted by Gasteiger charge is 2.60. The summed E-state index contributed by atoms with van der Waals surface area (Å²) >= 11 is 13.2. The van der Waals surface area contributed by atoms with E-state index in [1.165, 1.54) is 0 Å². The molecule has 1 aromatic heterocycles. The van der Waals surface area contributed by atoms with Crippen molar-refractivity contribution in [3.63, 3.8) is 0 Å². The average Bonchev–Trinajstić information content (AvgIpc) is 3.35. The maximum Gasteiger partial charge on any atom is 0.309 e. The third-order valence-electron chi connectivity index (χ3n) is 6.79. The summed E-state index contributed by atoms with van der Waals surface area (Å²) in [6.07, 6.45) is 0. The van der Waals surface area contributed by atoms with Gasteiger partial charge in [0.1, 0.15) is 0 Å². The summed E-state index contributed by atoms with van der Waals surface area (Å²) in [7, 11) is 1.63. The lowest BCUT2D eigenvalue weighted by atomic mass is 10.0. The number of hydrogen-bond donors (Lipinski definition) is 0. The van der Waals surface area contributed by atoms with Crippen LogP contribution in [0.25, 0.3) is 22.4 Å². The normalized spacial score (nSPS) is 21.2. The minimum absolute atomic E-state index is 0.0448. The molecule has 0 spiro atoms. The van der Waals surface area contributed by atoms with Gasteiger partial charge in [-0.3, -0.25) is 9.69 Å². The van der Waals surface area contributed by atoms with Crippen LogP contribution in [0, 0.1) is 17.8 Å². The smallest absolute Gasteiger partial charge is 0.309 e. The van der Waals surface area contributed by atoms with Crippen molar-refractivity contribution >= 4 is 29.2 Å². The highest BCUT2D eigenvalue weighted by molar-refractivity contribution is 6.38. The molecule has 1 saturated carbocycles. The van der Waals surface area contributed by atoms with Gasteiger partial charge in [-0.15, -0.1) is 0 Å². The van der Waals surface area contributed by atoms with E-state index in [4.69, 9.17) is 37.7 Å². The zero-order valence-electron chi connectivity index (χ0n) is 19.1. The number of benzene rings is 2. The molecule has 1 aliphatic carbocycles. The number of nitrogens with zero attached hydrogens (tertiary/aromatic N) is 2. The molecule has 5 rings (SSSR count). The number of pyridine rings is 1. The third kappa shape index (κ3) is 4.28. The van der Waals surface area contributed by atoms with E-state index in [1.807, 2.05) is 61.5 Å². The lowest BCUT2D eigenvalue weighted by Crippen LogP contribution is -2.26. The number of hydrogen-bond acceptors (Lipinski definition) is 5. The molecule has 2 heterocycles. The molecule has 0 radical (unpaired) electrons. The molecule has 5 nitrogen and oxygen atoms in total. The van der Waals surface area contributed by atoms with Gasteiger partial charge < -0.3 is 9.47 Å². The van der Waals surface area contributed by atoms with Gasteiger partial charge in [0.2, 0.25) is 5.88 Å². The van der Waals surface area contributed by atoms with E-state index in [9.17, 15) is 4.79 Å². The van der Waals surface area contributed by atoms with Crippen LogP contribution in [0.5, 0.6) is 5.88 Å². The fourth-order valence-corrected chi connectivity index (χ4v) is 5.67. The Balaban J connectivity index is 1.34. The molecular formula is C27H26Cl2N2O3. The Labute approximate surface area is 209 Å². The lowest BCUT2D eigenvalue weighted by Gasteiger charge is -2.20. The highest BCUT2D eigenvalue weighted by Crippen LogP contribution is 2.52. The quantitative estimate of drug-likeness (QED) is 0.377. The van der Waals surface area contributed by atoms with Crippen molar-refractivity contribution in [3.05, 3.63) is 70.2 Å². The van der Waals surface area contributed by atoms with Crippen molar-refractivity contribution in [1.82, 2.24) is 9.88 Å². The molecule has 1 saturated heterocycles. The van der Waals surface area contributed by atoms with Crippen LogP contribution in [-0.2, 0) is 16.1 Å². The van der Waals surface area contributed by atoms with E-state index >= 15 is 0 Å². The minimum atomic E-state index is -0.0448. The van der Waals surface area contributed by atoms with Crippen LogP contribution in [0.15, 0.2) is 54.6 Å². The summed E-state index contributed by atoms with van der Waals surface area (Å²) in [4.78, 5) is 19.2. The Morgan fingerprint density at radius 2 is 1.71 bits per heavy atom. The number of aromatic nitrogens is 1. The Morgan fingerprint density at radius 3 is 2.41 bits per heavy atom. The first-order valence-electron chi connectivity index (χ1n) is 11.5. The summed E-state index contributed by atoms with van der Waals surface area (Å²) in [6, 6.07) is 17.5. The average molecular weight is 497 g/mol. The van der Waals surface area contributed by atoms with Crippen molar-refractivity contribution in [2.45, 2.75) is 13.5 Å². The number of halogens is 2. The van der Waals surface area contributed by atoms with E-state index in [1.54, 1.807) is 7.11 Å². The lowest BCUT2D eigenvalue weighted by molar-refractivity contribution is -0.145. The van der Waals surface area contributed by atoms with Crippen LogP contribution in [0.4, 0.5) is 0 Å². The Hall–Kier alpha value is -2.60. The van der Waals surface area contributed by atoms with Crippen molar-refractivity contribution < 1.29 is 14.3 Å². The standard InChI is InChI=1S/C27H26Cl2N2O3/c1-3-34-27(32)24-20-14-31(15-21(20)24)13-16-11-12-23(30-26(16)33-2)19-9-6-8-18(25(19)29)17-7-4-5-10-22(17)28/h4-12,20-21,24H,3,13-15H2,1-2H3. The Morgan fingerprint density at radius 1 is 1.00 bits per heavy atom. The maximum atomic E-state index is 12.0. The van der Waals surface area contributed by atoms with Crippen molar-refractivity contribution in [2.24, 2.45) is 17.8 Å². The summed E-state index contributed by atoms with van der Waals surface area (Å²) in [5.41, 5.74) is 4.32. The predicted octanol–water partition coefficient (Wildman–Crippen LogP) is 5.97. The maximum absolute atomic E-state index is 12.0. The number of ether oxygens (including phenoxy) is 2. The molecule has 34 heavy (non-hydrogen) atoms. The van der Waals surface area contributed by atoms with E-state index < -0.39 is 0 Å². The van der Waals surface area contributed by atoms with E-state index in [0.717, 1.165) is 47.6 Å². The van der Waals surface area contributed by atoms with Crippen molar-refractivity contribution in [1.29, 1.82) is 0 Å². The first kappa shape index (κ1) is 23.2. The summed E-state index contributed by atoms with van der Waals surface area (Å²) in [6.45, 7) is 4.81. The number of rotatable bonds is 7. The fraction of sp³-hybridized carbons (Fsp3) is 0.333. The van der Waals surface area contributed by atoms with Gasteiger partial charge in [0.25, 0.3) is 0 Å². The van der Waals surface area contributed by atoms with E-state index in [0.29, 0.717) is 34.4 Å². The molecule has 2 aliphatic rings. The third-order valence-corrected chi connectivity index (χ3v) is 7.53. The van der Waals surface area contributed by atoms with Gasteiger partial charge in [0.15, 0.2) is 0 Å². The molecule has 0 N–H and O–H groups in total. The first-order chi connectivity index (χ1) is 16.5. The molecule has 0 amide bonds. The number of carbonyl (C=O) groups excluding carboxylic acids is 1. The first-order valence-corrected chi connectivity index (χ1v) is 12.2. The molecule has 2 fully saturated rings. The molecule has 1 aliphatic heterocycles. The number of methoxy groups -OCH3 is 1. The second-order valence-electron chi connectivity index (χ2n) is 8.81. The second kappa shape index (κ2) is 9.57. The number of carbonyl (C=O) groups is 1. The highest BCUT2D eigenvalue weighted by atomic mass is 35.5. The largest absolute Gasteiger partial charge is 0.481 e. The molecule has 2 atom stereocenters. The topological polar surface area (TPSA) is 51.7 Å². The number of esters is 1. The molecule has 2 aromatic carbocycles. The summed E-state index contributed by atoms with van der Waals surface area (Å²) in [5, 5.41) is 1.25. The molecule has 3 aromatic rings. The predicted molar refractivity (Wildman–Crippen MR) is 134 cm³/mol. The van der Waals surface area contributed by atoms with Gasteiger partial charge in [-0.1, -0.05) is 65.7 Å². The van der Waals surface area contributed by atoms with Gasteiger partial charge in [0.05, 0.1) is 30.4 Å². The van der Waals surface area contributed by atoms with Crippen LogP contribution in [0.3, 0.4) is 0 Å². The van der Waals surface area contributed by atoms with Crippen LogP contribution < -0.4 is 4.74 Å². The van der Waals surface area contributed by atoms with Crippen LogP contribution in [-0.4, -0.2) is 42.7 Å². The van der Waals surface area contributed by atoms with Crippen LogP contribution in [0.2, 0.25) is 10.0 Å². The van der Waals surface area contributed by atoms with Crippen molar-refractivity contribution in [2.75, 3.05) is 26.8 Å². The van der Waals surface area contributed by atoms with Crippen molar-refractivity contribution in [3.8, 4) is 28.3 Å². The number of likely N-dealkylation sites (tertiary alicyclic amines) is 1. The van der Waals surface area contributed by atoms with Crippen LogP contribution >= 0.6 is 23.2 Å².